The molecule has 1 N–H and O–H groups in total. The second kappa shape index (κ2) is 5.92. The van der Waals surface area contributed by atoms with Crippen molar-refractivity contribution in [2.24, 2.45) is 0 Å². The Morgan fingerprint density at radius 2 is 2.00 bits per heavy atom. The summed E-state index contributed by atoms with van der Waals surface area (Å²) in [5.41, 5.74) is 3.98. The van der Waals surface area contributed by atoms with E-state index in [9.17, 15) is 4.79 Å². The molecular weight excluding hydrogens is 260 g/mol. The van der Waals surface area contributed by atoms with Crippen molar-refractivity contribution in [1.82, 2.24) is 9.88 Å². The summed E-state index contributed by atoms with van der Waals surface area (Å²) in [5, 5.41) is 1.35. The Hall–Kier alpha value is -1.77. The standard InChI is InChI=1S/C18H24N2O/c1-3-6-17(21)20-11-9-14(10-12-20)18-13(2)19-16-8-5-4-7-15(16)18/h4-5,7-8,14,19H,3,6,9-12H2,1-2H3. The number of carbonyl (C=O) groups is 1. The molecule has 1 amide bonds. The van der Waals surface area contributed by atoms with E-state index in [1.165, 1.54) is 22.2 Å². The van der Waals surface area contributed by atoms with Gasteiger partial charge in [0, 0.05) is 36.1 Å². The molecule has 1 aromatic heterocycles. The molecule has 2 aromatic rings. The first-order chi connectivity index (χ1) is 10.2. The number of H-pyrrole nitrogens is 1. The van der Waals surface area contributed by atoms with Crippen LogP contribution in [0.2, 0.25) is 0 Å². The van der Waals surface area contributed by atoms with Crippen LogP contribution in [0.15, 0.2) is 24.3 Å². The van der Waals surface area contributed by atoms with Crippen LogP contribution in [0.5, 0.6) is 0 Å². The van der Waals surface area contributed by atoms with E-state index in [4.69, 9.17) is 0 Å². The normalized spacial score (nSPS) is 16.6. The van der Waals surface area contributed by atoms with Crippen molar-refractivity contribution >= 4 is 16.8 Å². The molecule has 1 aliphatic rings. The van der Waals surface area contributed by atoms with Crippen molar-refractivity contribution in [3.8, 4) is 0 Å². The maximum atomic E-state index is 12.0. The summed E-state index contributed by atoms with van der Waals surface area (Å²) >= 11 is 0. The fourth-order valence-corrected chi connectivity index (χ4v) is 3.61. The maximum Gasteiger partial charge on any atom is 0.222 e. The van der Waals surface area contributed by atoms with E-state index in [-0.39, 0.29) is 0 Å². The van der Waals surface area contributed by atoms with Gasteiger partial charge in [-0.1, -0.05) is 25.1 Å². The Bertz CT molecular complexity index is 636. The number of fused-ring (bicyclic) bond motifs is 1. The van der Waals surface area contributed by atoms with Gasteiger partial charge in [-0.05, 0) is 43.7 Å². The summed E-state index contributed by atoms with van der Waals surface area (Å²) in [4.78, 5) is 17.5. The van der Waals surface area contributed by atoms with E-state index in [2.05, 4.69) is 43.1 Å². The minimum Gasteiger partial charge on any atom is -0.358 e. The fraction of sp³-hybridized carbons (Fsp3) is 0.500. The number of amides is 1. The number of hydrogen-bond donors (Lipinski definition) is 1. The molecule has 0 aliphatic carbocycles. The van der Waals surface area contributed by atoms with Crippen LogP contribution in [0, 0.1) is 6.92 Å². The van der Waals surface area contributed by atoms with Crippen LogP contribution in [0.25, 0.3) is 10.9 Å². The second-order valence-electron chi connectivity index (χ2n) is 6.11. The van der Waals surface area contributed by atoms with Gasteiger partial charge in [0.25, 0.3) is 0 Å². The van der Waals surface area contributed by atoms with Crippen molar-refractivity contribution in [2.75, 3.05) is 13.1 Å². The minimum absolute atomic E-state index is 0.326. The van der Waals surface area contributed by atoms with Crippen LogP contribution in [0.4, 0.5) is 0 Å². The summed E-state index contributed by atoms with van der Waals surface area (Å²) < 4.78 is 0. The van der Waals surface area contributed by atoms with Crippen molar-refractivity contribution in [3.63, 3.8) is 0 Å². The van der Waals surface area contributed by atoms with Gasteiger partial charge in [0.05, 0.1) is 0 Å². The molecule has 3 heteroatoms. The zero-order chi connectivity index (χ0) is 14.8. The van der Waals surface area contributed by atoms with E-state index >= 15 is 0 Å². The van der Waals surface area contributed by atoms with E-state index in [1.54, 1.807) is 0 Å². The van der Waals surface area contributed by atoms with Crippen LogP contribution < -0.4 is 0 Å². The number of carbonyl (C=O) groups excluding carboxylic acids is 1. The van der Waals surface area contributed by atoms with Gasteiger partial charge in [-0.3, -0.25) is 4.79 Å². The van der Waals surface area contributed by atoms with Gasteiger partial charge in [-0.25, -0.2) is 0 Å². The predicted octanol–water partition coefficient (Wildman–Crippen LogP) is 3.98. The first-order valence-electron chi connectivity index (χ1n) is 8.05. The largest absolute Gasteiger partial charge is 0.358 e. The average molecular weight is 284 g/mol. The third-order valence-corrected chi connectivity index (χ3v) is 4.66. The van der Waals surface area contributed by atoms with E-state index in [0.29, 0.717) is 18.2 Å². The van der Waals surface area contributed by atoms with Gasteiger partial charge in [-0.2, -0.15) is 0 Å². The van der Waals surface area contributed by atoms with Gasteiger partial charge in [-0.15, -0.1) is 0 Å². The highest BCUT2D eigenvalue weighted by Crippen LogP contribution is 2.35. The smallest absolute Gasteiger partial charge is 0.222 e. The Balaban J connectivity index is 1.77. The highest BCUT2D eigenvalue weighted by molar-refractivity contribution is 5.85. The van der Waals surface area contributed by atoms with Crippen molar-refractivity contribution < 1.29 is 4.79 Å². The monoisotopic (exact) mass is 284 g/mol. The summed E-state index contributed by atoms with van der Waals surface area (Å²) in [7, 11) is 0. The first kappa shape index (κ1) is 14.2. The lowest BCUT2D eigenvalue weighted by atomic mass is 9.87. The van der Waals surface area contributed by atoms with Crippen molar-refractivity contribution in [2.45, 2.75) is 45.4 Å². The minimum atomic E-state index is 0.326. The molecule has 0 bridgehead atoms. The summed E-state index contributed by atoms with van der Waals surface area (Å²) in [6.45, 7) is 6.05. The number of nitrogens with one attached hydrogen (secondary N) is 1. The lowest BCUT2D eigenvalue weighted by Gasteiger charge is -2.32. The van der Waals surface area contributed by atoms with Gasteiger partial charge in [0.15, 0.2) is 0 Å². The Labute approximate surface area is 126 Å². The quantitative estimate of drug-likeness (QED) is 0.909. The number of aryl methyl sites for hydroxylation is 1. The van der Waals surface area contributed by atoms with Crippen LogP contribution in [0.1, 0.15) is 49.8 Å². The molecule has 1 fully saturated rings. The molecule has 112 valence electrons. The van der Waals surface area contributed by atoms with Crippen LogP contribution >= 0.6 is 0 Å². The number of piperidine rings is 1. The number of likely N-dealkylation sites (tertiary alicyclic amines) is 1. The van der Waals surface area contributed by atoms with Crippen molar-refractivity contribution in [1.29, 1.82) is 0 Å². The molecule has 0 radical (unpaired) electrons. The number of aromatic nitrogens is 1. The van der Waals surface area contributed by atoms with Gasteiger partial charge in [0.1, 0.15) is 0 Å². The maximum absolute atomic E-state index is 12.0. The van der Waals surface area contributed by atoms with Crippen LogP contribution in [-0.4, -0.2) is 28.9 Å². The fourth-order valence-electron chi connectivity index (χ4n) is 3.61. The molecule has 1 saturated heterocycles. The lowest BCUT2D eigenvalue weighted by Crippen LogP contribution is -2.37. The predicted molar refractivity (Wildman–Crippen MR) is 86.5 cm³/mol. The van der Waals surface area contributed by atoms with Gasteiger partial charge in [0.2, 0.25) is 5.91 Å². The van der Waals surface area contributed by atoms with Crippen LogP contribution in [0.3, 0.4) is 0 Å². The summed E-state index contributed by atoms with van der Waals surface area (Å²) in [5.74, 6) is 0.901. The number of hydrogen-bond acceptors (Lipinski definition) is 1. The highest BCUT2D eigenvalue weighted by atomic mass is 16.2. The summed E-state index contributed by atoms with van der Waals surface area (Å²) in [6, 6.07) is 8.54. The van der Waals surface area contributed by atoms with E-state index < -0.39 is 0 Å². The third kappa shape index (κ3) is 2.69. The molecule has 3 nitrogen and oxygen atoms in total. The number of para-hydroxylation sites is 1. The van der Waals surface area contributed by atoms with Gasteiger partial charge >= 0.3 is 0 Å². The van der Waals surface area contributed by atoms with Crippen molar-refractivity contribution in [3.05, 3.63) is 35.5 Å². The van der Waals surface area contributed by atoms with Gasteiger partial charge < -0.3 is 9.88 Å². The number of aromatic amines is 1. The Morgan fingerprint density at radius 3 is 2.71 bits per heavy atom. The SMILES string of the molecule is CCCC(=O)N1CCC(c2c(C)[nH]c3ccccc23)CC1. The summed E-state index contributed by atoms with van der Waals surface area (Å²) in [6.07, 6.45) is 3.80. The topological polar surface area (TPSA) is 36.1 Å². The molecule has 1 aromatic carbocycles. The Kier molecular flexibility index (Phi) is 4.00. The van der Waals surface area contributed by atoms with E-state index in [1.807, 2.05) is 4.90 Å². The molecule has 0 saturated carbocycles. The molecule has 21 heavy (non-hydrogen) atoms. The third-order valence-electron chi connectivity index (χ3n) is 4.66. The molecule has 0 unspecified atom stereocenters. The van der Waals surface area contributed by atoms with E-state index in [0.717, 1.165) is 32.4 Å². The molecule has 2 heterocycles. The zero-order valence-electron chi connectivity index (χ0n) is 13.0. The lowest BCUT2D eigenvalue weighted by molar-refractivity contribution is -0.132. The number of benzene rings is 1. The molecule has 0 spiro atoms. The Morgan fingerprint density at radius 1 is 1.29 bits per heavy atom. The molecular formula is C18H24N2O. The molecule has 0 atom stereocenters. The molecule has 1 aliphatic heterocycles. The number of nitrogens with zero attached hydrogens (tertiary/aromatic N) is 1. The highest BCUT2D eigenvalue weighted by Gasteiger charge is 2.26. The number of rotatable bonds is 3. The zero-order valence-corrected chi connectivity index (χ0v) is 13.0. The second-order valence-corrected chi connectivity index (χ2v) is 6.11. The first-order valence-corrected chi connectivity index (χ1v) is 8.05. The van der Waals surface area contributed by atoms with Crippen LogP contribution in [-0.2, 0) is 4.79 Å². The average Bonchev–Trinajstić information content (AvgIpc) is 2.83. The molecule has 3 rings (SSSR count).